The van der Waals surface area contributed by atoms with Gasteiger partial charge in [0.1, 0.15) is 5.75 Å². The number of hydrogen-bond acceptors (Lipinski definition) is 4. The summed E-state index contributed by atoms with van der Waals surface area (Å²) >= 11 is 0. The smallest absolute Gasteiger partial charge is 0.267 e. The van der Waals surface area contributed by atoms with Crippen LogP contribution in [0, 0.1) is 0 Å². The first-order chi connectivity index (χ1) is 6.59. The summed E-state index contributed by atoms with van der Waals surface area (Å²) in [6, 6.07) is 3.76. The highest BCUT2D eigenvalue weighted by atomic mass is 16.5. The number of anilines is 1. The van der Waals surface area contributed by atoms with E-state index in [-0.39, 0.29) is 5.75 Å². The third-order valence-corrected chi connectivity index (χ3v) is 2.26. The Labute approximate surface area is 80.3 Å². The summed E-state index contributed by atoms with van der Waals surface area (Å²) in [7, 11) is 0. The van der Waals surface area contributed by atoms with Crippen LogP contribution >= 0.6 is 0 Å². The first-order valence-corrected chi connectivity index (χ1v) is 4.20. The summed E-state index contributed by atoms with van der Waals surface area (Å²) in [6.07, 6.45) is 0.380. The summed E-state index contributed by atoms with van der Waals surface area (Å²) in [6.45, 7) is 0. The van der Waals surface area contributed by atoms with E-state index in [2.05, 4.69) is 0 Å². The third kappa shape index (κ3) is 1.23. The van der Waals surface area contributed by atoms with Crippen LogP contribution in [-0.4, -0.2) is 22.3 Å². The molecule has 4 N–H and O–H groups in total. The molecule has 1 aromatic carbocycles. The van der Waals surface area contributed by atoms with Gasteiger partial charge in [0.05, 0.1) is 11.7 Å². The minimum absolute atomic E-state index is 0.00562. The molecule has 1 aliphatic heterocycles. The lowest BCUT2D eigenvalue weighted by atomic mass is 9.99. The normalized spacial score (nSPS) is 20.9. The molecule has 0 saturated carbocycles. The van der Waals surface area contributed by atoms with Crippen molar-refractivity contribution >= 4 is 11.6 Å². The molecule has 0 spiro atoms. The summed E-state index contributed by atoms with van der Waals surface area (Å²) in [5.41, 5.74) is 6.56. The van der Waals surface area contributed by atoms with Crippen molar-refractivity contribution in [2.45, 2.75) is 12.5 Å². The van der Waals surface area contributed by atoms with Crippen LogP contribution in [0.3, 0.4) is 0 Å². The number of carbonyl (C=O) groups is 1. The van der Waals surface area contributed by atoms with Crippen LogP contribution in [-0.2, 0) is 11.2 Å². The fraction of sp³-hybridized carbons (Fsp3) is 0.222. The van der Waals surface area contributed by atoms with Gasteiger partial charge in [-0.25, -0.2) is 0 Å². The molecule has 1 atom stereocenters. The Kier molecular flexibility index (Phi) is 1.90. The number of aromatic hydroxyl groups is 1. The maximum atomic E-state index is 11.3. The number of nitrogens with zero attached hydrogens (tertiary/aromatic N) is 1. The number of phenolic OH excluding ortho intramolecular Hbond substituents is 1. The van der Waals surface area contributed by atoms with Gasteiger partial charge < -0.3 is 10.8 Å². The van der Waals surface area contributed by atoms with Crippen molar-refractivity contribution in [3.05, 3.63) is 23.8 Å². The Morgan fingerprint density at radius 2 is 2.21 bits per heavy atom. The van der Waals surface area contributed by atoms with Gasteiger partial charge in [-0.3, -0.25) is 10.0 Å². The Bertz CT molecular complexity index is 392. The second kappa shape index (κ2) is 2.97. The summed E-state index contributed by atoms with van der Waals surface area (Å²) in [4.78, 5) is 11.3. The predicted molar refractivity (Wildman–Crippen MR) is 49.1 cm³/mol. The Morgan fingerprint density at radius 3 is 2.93 bits per heavy atom. The maximum Gasteiger partial charge on any atom is 0.267 e. The molecule has 1 amide bonds. The van der Waals surface area contributed by atoms with E-state index in [1.54, 1.807) is 6.07 Å². The Balaban J connectivity index is 2.51. The first kappa shape index (κ1) is 8.98. The van der Waals surface area contributed by atoms with Gasteiger partial charge in [-0.15, -0.1) is 0 Å². The largest absolute Gasteiger partial charge is 0.508 e. The van der Waals surface area contributed by atoms with E-state index in [0.29, 0.717) is 17.2 Å². The molecule has 0 saturated heterocycles. The van der Waals surface area contributed by atoms with Crippen molar-refractivity contribution in [1.82, 2.24) is 0 Å². The topological polar surface area (TPSA) is 86.8 Å². The number of benzene rings is 1. The number of hydroxylamine groups is 1. The minimum atomic E-state index is -0.711. The van der Waals surface area contributed by atoms with Gasteiger partial charge in [0, 0.05) is 6.07 Å². The molecule has 5 nitrogen and oxygen atoms in total. The molecule has 0 radical (unpaired) electrons. The van der Waals surface area contributed by atoms with Crippen molar-refractivity contribution in [3.63, 3.8) is 0 Å². The van der Waals surface area contributed by atoms with Crippen molar-refractivity contribution in [1.29, 1.82) is 0 Å². The lowest BCUT2D eigenvalue weighted by Gasteiger charge is -2.27. The fourth-order valence-corrected chi connectivity index (χ4v) is 1.52. The molecule has 1 heterocycles. The van der Waals surface area contributed by atoms with Gasteiger partial charge in [-0.1, -0.05) is 6.07 Å². The number of rotatable bonds is 0. The van der Waals surface area contributed by atoms with E-state index in [4.69, 9.17) is 5.73 Å². The first-order valence-electron chi connectivity index (χ1n) is 4.20. The van der Waals surface area contributed by atoms with Crippen LogP contribution in [0.15, 0.2) is 18.2 Å². The van der Waals surface area contributed by atoms with Crippen LogP contribution < -0.4 is 10.8 Å². The standard InChI is InChI=1S/C9H10N2O3/c10-7-3-5-1-2-6(12)4-8(5)11(14)9(7)13/h1-2,4,7,12,14H,3,10H2. The third-order valence-electron chi connectivity index (χ3n) is 2.26. The molecule has 74 valence electrons. The van der Waals surface area contributed by atoms with Gasteiger partial charge >= 0.3 is 0 Å². The van der Waals surface area contributed by atoms with Crippen LogP contribution in [0.2, 0.25) is 0 Å². The van der Waals surface area contributed by atoms with Gasteiger partial charge in [0.25, 0.3) is 5.91 Å². The second-order valence-electron chi connectivity index (χ2n) is 3.27. The van der Waals surface area contributed by atoms with Crippen LogP contribution in [0.5, 0.6) is 5.75 Å². The second-order valence-corrected chi connectivity index (χ2v) is 3.27. The Morgan fingerprint density at radius 1 is 1.50 bits per heavy atom. The lowest BCUT2D eigenvalue weighted by molar-refractivity contribution is -0.125. The maximum absolute atomic E-state index is 11.3. The van der Waals surface area contributed by atoms with Crippen LogP contribution in [0.1, 0.15) is 5.56 Å². The van der Waals surface area contributed by atoms with Crippen molar-refractivity contribution in [2.75, 3.05) is 5.06 Å². The minimum Gasteiger partial charge on any atom is -0.508 e. The van der Waals surface area contributed by atoms with Crippen molar-refractivity contribution in [3.8, 4) is 5.75 Å². The monoisotopic (exact) mass is 194 g/mol. The number of carbonyl (C=O) groups excluding carboxylic acids is 1. The van der Waals surface area contributed by atoms with Gasteiger partial charge in [-0.2, -0.15) is 5.06 Å². The summed E-state index contributed by atoms with van der Waals surface area (Å²) in [5.74, 6) is -0.547. The van der Waals surface area contributed by atoms with E-state index in [1.807, 2.05) is 0 Å². The molecule has 1 unspecified atom stereocenters. The average molecular weight is 194 g/mol. The van der Waals surface area contributed by atoms with E-state index in [9.17, 15) is 15.1 Å². The molecule has 1 aliphatic rings. The molecule has 0 bridgehead atoms. The quantitative estimate of drug-likeness (QED) is 0.507. The van der Waals surface area contributed by atoms with E-state index >= 15 is 0 Å². The van der Waals surface area contributed by atoms with Gasteiger partial charge in [0.2, 0.25) is 0 Å². The van der Waals surface area contributed by atoms with Gasteiger partial charge in [-0.05, 0) is 18.1 Å². The molecule has 1 aromatic rings. The molecule has 0 fully saturated rings. The SMILES string of the molecule is NC1Cc2ccc(O)cc2N(O)C1=O. The summed E-state index contributed by atoms with van der Waals surface area (Å²) in [5, 5.41) is 19.1. The van der Waals surface area contributed by atoms with Crippen molar-refractivity contribution in [2.24, 2.45) is 5.73 Å². The average Bonchev–Trinajstić information content (AvgIpc) is 2.16. The lowest BCUT2D eigenvalue weighted by Crippen LogP contribution is -2.47. The highest BCUT2D eigenvalue weighted by Crippen LogP contribution is 2.29. The van der Waals surface area contributed by atoms with Crippen LogP contribution in [0.25, 0.3) is 0 Å². The zero-order valence-corrected chi connectivity index (χ0v) is 7.34. The number of amides is 1. The molecule has 14 heavy (non-hydrogen) atoms. The van der Waals surface area contributed by atoms with E-state index in [1.165, 1.54) is 12.1 Å². The Hall–Kier alpha value is -1.59. The van der Waals surface area contributed by atoms with Gasteiger partial charge in [0.15, 0.2) is 0 Å². The molecular formula is C9H10N2O3. The highest BCUT2D eigenvalue weighted by Gasteiger charge is 2.29. The molecule has 0 aromatic heterocycles. The van der Waals surface area contributed by atoms with Crippen molar-refractivity contribution < 1.29 is 15.1 Å². The van der Waals surface area contributed by atoms with E-state index < -0.39 is 11.9 Å². The highest BCUT2D eigenvalue weighted by molar-refractivity contribution is 5.98. The summed E-state index contributed by atoms with van der Waals surface area (Å²) < 4.78 is 0. The molecule has 0 aliphatic carbocycles. The zero-order chi connectivity index (χ0) is 10.3. The number of phenols is 1. The molecule has 2 rings (SSSR count). The zero-order valence-electron chi connectivity index (χ0n) is 7.34. The number of nitrogens with two attached hydrogens (primary N) is 1. The molecular weight excluding hydrogens is 184 g/mol. The predicted octanol–water partition coefficient (Wildman–Crippen LogP) is -0.00220. The van der Waals surface area contributed by atoms with E-state index in [0.717, 1.165) is 5.56 Å². The van der Waals surface area contributed by atoms with Crippen LogP contribution in [0.4, 0.5) is 5.69 Å². The number of fused-ring (bicyclic) bond motifs is 1. The number of hydrogen-bond donors (Lipinski definition) is 3. The fourth-order valence-electron chi connectivity index (χ4n) is 1.52. The molecule has 5 heteroatoms.